The molecule has 8 nitrogen and oxygen atoms in total. The summed E-state index contributed by atoms with van der Waals surface area (Å²) in [6.07, 6.45) is 6.40. The molecule has 0 aliphatic heterocycles. The molecule has 4 aromatic carbocycles. The Balaban J connectivity index is 0.000000945. The predicted octanol–water partition coefficient (Wildman–Crippen LogP) is 7.00. The van der Waals surface area contributed by atoms with E-state index < -0.39 is 11.9 Å². The van der Waals surface area contributed by atoms with E-state index in [-0.39, 0.29) is 39.7 Å². The van der Waals surface area contributed by atoms with Crippen LogP contribution in [-0.2, 0) is 37.2 Å². The second kappa shape index (κ2) is 19.2. The van der Waals surface area contributed by atoms with Gasteiger partial charge in [-0.05, 0) is 90.5 Å². The van der Waals surface area contributed by atoms with Crippen molar-refractivity contribution in [2.75, 3.05) is 0 Å². The molecule has 1 radical (unpaired) electrons. The third-order valence-corrected chi connectivity index (χ3v) is 8.34. The van der Waals surface area contributed by atoms with Gasteiger partial charge in [0.1, 0.15) is 11.5 Å². The molecule has 2 N–H and O–H groups in total. The quantitative estimate of drug-likeness (QED) is 0.203. The minimum atomic E-state index is -1.08. The maximum absolute atomic E-state index is 11.2. The van der Waals surface area contributed by atoms with Crippen molar-refractivity contribution in [2.24, 2.45) is 9.98 Å². The summed E-state index contributed by atoms with van der Waals surface area (Å²) < 4.78 is 0. The van der Waals surface area contributed by atoms with Crippen molar-refractivity contribution >= 4 is 24.4 Å². The van der Waals surface area contributed by atoms with Gasteiger partial charge in [0.15, 0.2) is 0 Å². The number of carbonyl (C=O) groups is 2. The van der Waals surface area contributed by atoms with Gasteiger partial charge in [-0.25, -0.2) is 0 Å². The zero-order valence-electron chi connectivity index (χ0n) is 31.3. The molecule has 0 spiro atoms. The molecule has 4 aromatic rings. The van der Waals surface area contributed by atoms with E-state index in [0.717, 1.165) is 77.6 Å². The van der Waals surface area contributed by atoms with Gasteiger partial charge >= 0.3 is 16.8 Å². The van der Waals surface area contributed by atoms with Gasteiger partial charge in [-0.2, -0.15) is 0 Å². The minimum Gasteiger partial charge on any atom is -0.550 e. The monoisotopic (exact) mass is 749 g/mol. The fraction of sp³-hybridized carbons (Fsp3) is 0.349. The number of benzene rings is 4. The van der Waals surface area contributed by atoms with E-state index in [1.807, 2.05) is 61.0 Å². The Morgan fingerprint density at radius 2 is 0.923 bits per heavy atom. The molecule has 1 fully saturated rings. The number of hydrogen-bond donors (Lipinski definition) is 2. The number of aromatic hydroxyl groups is 2. The van der Waals surface area contributed by atoms with Crippen LogP contribution < -0.4 is 10.2 Å². The molecule has 0 bridgehead atoms. The van der Waals surface area contributed by atoms with E-state index in [1.165, 1.54) is 0 Å². The van der Waals surface area contributed by atoms with Crippen LogP contribution in [0.1, 0.15) is 96.9 Å². The van der Waals surface area contributed by atoms with Crippen molar-refractivity contribution in [3.05, 3.63) is 107 Å². The number of carbonyl (C=O) groups excluding carboxylic acids is 2. The van der Waals surface area contributed by atoms with Crippen LogP contribution in [0.3, 0.4) is 0 Å². The number of carboxylic acid groups (broad SMARTS) is 2. The largest absolute Gasteiger partial charge is 2.00 e. The Morgan fingerprint density at radius 3 is 1.21 bits per heavy atom. The summed E-state index contributed by atoms with van der Waals surface area (Å²) in [4.78, 5) is 27.6. The maximum Gasteiger partial charge on any atom is 2.00 e. The molecule has 0 aromatic heterocycles. The Kier molecular flexibility index (Phi) is 16.0. The minimum absolute atomic E-state index is 0. The number of aliphatic carboxylic acids is 2. The Labute approximate surface area is 318 Å². The van der Waals surface area contributed by atoms with Gasteiger partial charge in [-0.15, -0.1) is 0 Å². The SMILES string of the molecule is CC(=O)[O-].CC(=O)[O-].CC(C)(C)c1cc(-c2ccccc2)cc(C=NC2CCC(N=Cc3cc(-c4ccccc4)cc(C(C)(C)C)c3O)C2)c1O.[Co+2]. The fourth-order valence-electron chi connectivity index (χ4n) is 5.83. The molecule has 2 atom stereocenters. The average molecular weight is 750 g/mol. The first-order chi connectivity index (χ1) is 23.9. The van der Waals surface area contributed by atoms with Crippen LogP contribution in [0.2, 0.25) is 0 Å². The van der Waals surface area contributed by atoms with Gasteiger partial charge in [0.05, 0.1) is 12.1 Å². The van der Waals surface area contributed by atoms with E-state index in [1.54, 1.807) is 0 Å². The van der Waals surface area contributed by atoms with Crippen LogP contribution in [0, 0.1) is 0 Å². The summed E-state index contributed by atoms with van der Waals surface area (Å²) in [6, 6.07) is 29.1. The molecule has 0 saturated heterocycles. The number of hydrogen-bond acceptors (Lipinski definition) is 8. The number of aliphatic imine (C=N–C) groups is 2. The van der Waals surface area contributed by atoms with Gasteiger partial charge in [0, 0.05) is 46.6 Å². The Morgan fingerprint density at radius 1 is 0.615 bits per heavy atom. The van der Waals surface area contributed by atoms with E-state index in [0.29, 0.717) is 11.5 Å². The smallest absolute Gasteiger partial charge is 0.550 e. The molecule has 1 aliphatic carbocycles. The van der Waals surface area contributed by atoms with Crippen LogP contribution in [0.25, 0.3) is 22.3 Å². The van der Waals surface area contributed by atoms with Crippen molar-refractivity contribution in [3.8, 4) is 33.8 Å². The molecule has 2 unspecified atom stereocenters. The first-order valence-corrected chi connectivity index (χ1v) is 17.1. The molecule has 52 heavy (non-hydrogen) atoms. The van der Waals surface area contributed by atoms with E-state index in [4.69, 9.17) is 29.8 Å². The molecule has 1 aliphatic rings. The molecular formula is C43H50CoN2O6. The van der Waals surface area contributed by atoms with Crippen LogP contribution in [-0.4, -0.2) is 46.7 Å². The first-order valence-electron chi connectivity index (χ1n) is 17.1. The zero-order chi connectivity index (χ0) is 37.9. The summed E-state index contributed by atoms with van der Waals surface area (Å²) in [5, 5.41) is 40.2. The van der Waals surface area contributed by atoms with Crippen molar-refractivity contribution in [1.82, 2.24) is 0 Å². The molecular weight excluding hydrogens is 699 g/mol. The van der Waals surface area contributed by atoms with Crippen molar-refractivity contribution < 1.29 is 46.8 Å². The Bertz CT molecular complexity index is 1700. The number of phenols is 2. The number of phenolic OH excluding ortho intramolecular Hbond substituents is 2. The van der Waals surface area contributed by atoms with Crippen LogP contribution in [0.15, 0.2) is 94.9 Å². The number of rotatable bonds is 6. The normalized spacial score (nSPS) is 15.6. The topological polar surface area (TPSA) is 145 Å². The zero-order valence-corrected chi connectivity index (χ0v) is 32.3. The van der Waals surface area contributed by atoms with Gasteiger partial charge in [0.25, 0.3) is 0 Å². The van der Waals surface area contributed by atoms with Gasteiger partial charge in [-0.1, -0.05) is 102 Å². The summed E-state index contributed by atoms with van der Waals surface area (Å²) in [5.41, 5.74) is 7.29. The van der Waals surface area contributed by atoms with E-state index in [2.05, 4.69) is 77.9 Å². The second-order valence-electron chi connectivity index (χ2n) is 14.8. The Hall–Kier alpha value is -4.73. The molecule has 0 heterocycles. The van der Waals surface area contributed by atoms with Crippen LogP contribution in [0.5, 0.6) is 11.5 Å². The summed E-state index contributed by atoms with van der Waals surface area (Å²) in [7, 11) is 0. The average Bonchev–Trinajstić information content (AvgIpc) is 3.51. The maximum atomic E-state index is 11.2. The summed E-state index contributed by atoms with van der Waals surface area (Å²) in [6.45, 7) is 14.7. The number of carboxylic acids is 2. The predicted molar refractivity (Wildman–Crippen MR) is 202 cm³/mol. The van der Waals surface area contributed by atoms with Crippen molar-refractivity contribution in [2.45, 2.75) is 97.6 Å². The second-order valence-corrected chi connectivity index (χ2v) is 14.8. The molecule has 5 rings (SSSR count). The molecule has 1 saturated carbocycles. The van der Waals surface area contributed by atoms with E-state index in [9.17, 15) is 10.2 Å². The van der Waals surface area contributed by atoms with Gasteiger partial charge in [0.2, 0.25) is 0 Å². The van der Waals surface area contributed by atoms with Crippen molar-refractivity contribution in [1.29, 1.82) is 0 Å². The first kappa shape index (κ1) is 43.4. The number of nitrogens with zero attached hydrogens (tertiary/aromatic N) is 2. The van der Waals surface area contributed by atoms with Crippen LogP contribution >= 0.6 is 0 Å². The molecule has 0 amide bonds. The summed E-state index contributed by atoms with van der Waals surface area (Å²) >= 11 is 0. The third-order valence-electron chi connectivity index (χ3n) is 8.34. The van der Waals surface area contributed by atoms with Gasteiger partial charge < -0.3 is 30.0 Å². The fourth-order valence-corrected chi connectivity index (χ4v) is 5.83. The summed E-state index contributed by atoms with van der Waals surface area (Å²) in [5.74, 6) is -1.57. The molecule has 9 heteroatoms. The van der Waals surface area contributed by atoms with Crippen LogP contribution in [0.4, 0.5) is 0 Å². The standard InChI is InChI=1S/C39H44N2O2.2C2H4O2.Co/c1-38(2,3)34-21-28(26-13-9-7-10-14-26)19-30(36(34)42)24-40-32-17-18-33(23-32)41-25-31-20-29(27-15-11-8-12-16-27)22-35(37(31)43)39(4,5)6;2*1-2(3)4;/h7-16,19-22,24-25,32-33,42-43H,17-18,23H2,1-6H3;2*1H3,(H,3,4);/q;;;+2/p-2. The van der Waals surface area contributed by atoms with E-state index >= 15 is 0 Å². The third kappa shape index (κ3) is 13.1. The van der Waals surface area contributed by atoms with Gasteiger partial charge in [-0.3, -0.25) is 9.98 Å². The van der Waals surface area contributed by atoms with Crippen molar-refractivity contribution in [3.63, 3.8) is 0 Å². The molecule has 277 valence electrons.